The van der Waals surface area contributed by atoms with Crippen molar-refractivity contribution >= 4 is 0 Å². The summed E-state index contributed by atoms with van der Waals surface area (Å²) in [5.74, 6) is 0.993. The van der Waals surface area contributed by atoms with Crippen LogP contribution in [0.3, 0.4) is 0 Å². The van der Waals surface area contributed by atoms with Crippen LogP contribution in [0.5, 0.6) is 0 Å². The summed E-state index contributed by atoms with van der Waals surface area (Å²) >= 11 is 0. The van der Waals surface area contributed by atoms with Gasteiger partial charge >= 0.3 is 0 Å². The topological polar surface area (TPSA) is 43.8 Å². The summed E-state index contributed by atoms with van der Waals surface area (Å²) in [6.45, 7) is 4.66. The molecule has 0 aliphatic heterocycles. The number of aryl methyl sites for hydroxylation is 2. The first-order valence-electron chi connectivity index (χ1n) is 5.02. The Morgan fingerprint density at radius 1 is 1.33 bits per heavy atom. The molecule has 3 nitrogen and oxygen atoms in total. The monoisotopic (exact) mass is 201 g/mol. The van der Waals surface area contributed by atoms with Gasteiger partial charge in [-0.2, -0.15) is 0 Å². The lowest BCUT2D eigenvalue weighted by molar-refractivity contribution is 0.954. The summed E-state index contributed by atoms with van der Waals surface area (Å²) < 4.78 is 2.08. The van der Waals surface area contributed by atoms with Crippen molar-refractivity contribution < 1.29 is 0 Å². The molecule has 1 aromatic heterocycles. The third-order valence-electron chi connectivity index (χ3n) is 2.59. The standard InChI is InChI=1S/C12H15N3/c1-9-3-4-11(8-13)7-12(9)15-6-5-14-10(15)2/h3-7H,8,13H2,1-2H3. The van der Waals surface area contributed by atoms with Crippen LogP contribution in [0.1, 0.15) is 17.0 Å². The molecular formula is C12H15N3. The Bertz CT molecular complexity index is 471. The third kappa shape index (κ3) is 1.78. The average molecular weight is 201 g/mol. The normalized spacial score (nSPS) is 10.6. The van der Waals surface area contributed by atoms with Crippen LogP contribution in [0.25, 0.3) is 5.69 Å². The zero-order valence-corrected chi connectivity index (χ0v) is 9.07. The second-order valence-corrected chi connectivity index (χ2v) is 3.67. The fourth-order valence-electron chi connectivity index (χ4n) is 1.67. The van der Waals surface area contributed by atoms with Crippen molar-refractivity contribution in [3.05, 3.63) is 47.5 Å². The van der Waals surface area contributed by atoms with Crippen LogP contribution in [-0.2, 0) is 6.54 Å². The molecule has 15 heavy (non-hydrogen) atoms. The van der Waals surface area contributed by atoms with Gasteiger partial charge in [-0.3, -0.25) is 0 Å². The number of nitrogens with two attached hydrogens (primary N) is 1. The van der Waals surface area contributed by atoms with Crippen LogP contribution in [0.4, 0.5) is 0 Å². The highest BCUT2D eigenvalue weighted by Gasteiger charge is 2.04. The second kappa shape index (κ2) is 3.87. The molecule has 1 heterocycles. The maximum absolute atomic E-state index is 5.64. The van der Waals surface area contributed by atoms with E-state index in [4.69, 9.17) is 5.73 Å². The largest absolute Gasteiger partial charge is 0.326 e. The van der Waals surface area contributed by atoms with E-state index in [1.165, 1.54) is 5.56 Å². The molecule has 0 aliphatic rings. The minimum Gasteiger partial charge on any atom is -0.326 e. The van der Waals surface area contributed by atoms with E-state index < -0.39 is 0 Å². The van der Waals surface area contributed by atoms with E-state index in [0.717, 1.165) is 17.1 Å². The van der Waals surface area contributed by atoms with Crippen molar-refractivity contribution in [2.75, 3.05) is 0 Å². The minimum atomic E-state index is 0.570. The van der Waals surface area contributed by atoms with E-state index in [2.05, 4.69) is 34.7 Å². The molecule has 1 aromatic carbocycles. The Balaban J connectivity index is 2.56. The Kier molecular flexibility index (Phi) is 2.56. The summed E-state index contributed by atoms with van der Waals surface area (Å²) in [5.41, 5.74) is 9.17. The maximum atomic E-state index is 5.64. The lowest BCUT2D eigenvalue weighted by atomic mass is 10.1. The van der Waals surface area contributed by atoms with Gasteiger partial charge < -0.3 is 10.3 Å². The van der Waals surface area contributed by atoms with Crippen LogP contribution in [-0.4, -0.2) is 9.55 Å². The first kappa shape index (κ1) is 9.93. The number of rotatable bonds is 2. The smallest absolute Gasteiger partial charge is 0.110 e. The number of benzene rings is 1. The van der Waals surface area contributed by atoms with E-state index >= 15 is 0 Å². The average Bonchev–Trinajstić information content (AvgIpc) is 2.65. The predicted octanol–water partition coefficient (Wildman–Crippen LogP) is 1.95. The molecule has 2 N–H and O–H groups in total. The molecule has 0 saturated carbocycles. The van der Waals surface area contributed by atoms with Gasteiger partial charge in [0.25, 0.3) is 0 Å². The molecule has 2 aromatic rings. The highest BCUT2D eigenvalue weighted by Crippen LogP contribution is 2.17. The summed E-state index contributed by atoms with van der Waals surface area (Å²) in [6.07, 6.45) is 3.78. The zero-order valence-electron chi connectivity index (χ0n) is 9.07. The summed E-state index contributed by atoms with van der Waals surface area (Å²) in [5, 5.41) is 0. The van der Waals surface area contributed by atoms with Crippen molar-refractivity contribution in [3.8, 4) is 5.69 Å². The fourth-order valence-corrected chi connectivity index (χ4v) is 1.67. The van der Waals surface area contributed by atoms with Crippen LogP contribution in [0, 0.1) is 13.8 Å². The zero-order chi connectivity index (χ0) is 10.8. The molecule has 0 spiro atoms. The Morgan fingerprint density at radius 2 is 2.13 bits per heavy atom. The van der Waals surface area contributed by atoms with Crippen molar-refractivity contribution in [3.63, 3.8) is 0 Å². The number of hydrogen-bond donors (Lipinski definition) is 1. The Hall–Kier alpha value is -1.61. The molecule has 0 aliphatic carbocycles. The lowest BCUT2D eigenvalue weighted by Gasteiger charge is -2.10. The van der Waals surface area contributed by atoms with E-state index in [1.807, 2.05) is 19.3 Å². The van der Waals surface area contributed by atoms with Crippen LogP contribution < -0.4 is 5.73 Å². The highest BCUT2D eigenvalue weighted by molar-refractivity contribution is 5.44. The quantitative estimate of drug-likeness (QED) is 0.807. The van der Waals surface area contributed by atoms with Crippen LogP contribution in [0.15, 0.2) is 30.6 Å². The van der Waals surface area contributed by atoms with Gasteiger partial charge in [0.2, 0.25) is 0 Å². The fraction of sp³-hybridized carbons (Fsp3) is 0.250. The third-order valence-corrected chi connectivity index (χ3v) is 2.59. The molecule has 0 fully saturated rings. The van der Waals surface area contributed by atoms with Crippen LogP contribution in [0.2, 0.25) is 0 Å². The van der Waals surface area contributed by atoms with Gasteiger partial charge in [0.15, 0.2) is 0 Å². The van der Waals surface area contributed by atoms with Gasteiger partial charge in [-0.05, 0) is 31.0 Å². The molecule has 0 radical (unpaired) electrons. The first-order valence-corrected chi connectivity index (χ1v) is 5.02. The van der Waals surface area contributed by atoms with Gasteiger partial charge in [-0.25, -0.2) is 4.98 Å². The summed E-state index contributed by atoms with van der Waals surface area (Å²) in [4.78, 5) is 4.22. The first-order chi connectivity index (χ1) is 7.22. The van der Waals surface area contributed by atoms with E-state index in [-0.39, 0.29) is 0 Å². The van der Waals surface area contributed by atoms with Crippen molar-refractivity contribution in [2.45, 2.75) is 20.4 Å². The number of aromatic nitrogens is 2. The molecular weight excluding hydrogens is 186 g/mol. The van der Waals surface area contributed by atoms with E-state index in [1.54, 1.807) is 0 Å². The molecule has 0 unspecified atom stereocenters. The molecule has 2 rings (SSSR count). The maximum Gasteiger partial charge on any atom is 0.110 e. The predicted molar refractivity (Wildman–Crippen MR) is 60.9 cm³/mol. The lowest BCUT2D eigenvalue weighted by Crippen LogP contribution is -2.02. The molecule has 0 bridgehead atoms. The van der Waals surface area contributed by atoms with Crippen molar-refractivity contribution in [2.24, 2.45) is 5.73 Å². The van der Waals surface area contributed by atoms with Gasteiger partial charge in [-0.15, -0.1) is 0 Å². The molecule has 3 heteroatoms. The highest BCUT2D eigenvalue weighted by atomic mass is 15.1. The Labute approximate surface area is 89.6 Å². The van der Waals surface area contributed by atoms with Gasteiger partial charge in [0, 0.05) is 24.6 Å². The minimum absolute atomic E-state index is 0.570. The Morgan fingerprint density at radius 3 is 2.73 bits per heavy atom. The number of hydrogen-bond acceptors (Lipinski definition) is 2. The second-order valence-electron chi connectivity index (χ2n) is 3.67. The van der Waals surface area contributed by atoms with Crippen molar-refractivity contribution in [1.82, 2.24) is 9.55 Å². The summed E-state index contributed by atoms with van der Waals surface area (Å²) in [6, 6.07) is 6.27. The van der Waals surface area contributed by atoms with E-state index in [0.29, 0.717) is 6.54 Å². The van der Waals surface area contributed by atoms with Gasteiger partial charge in [-0.1, -0.05) is 12.1 Å². The molecule has 0 atom stereocenters. The van der Waals surface area contributed by atoms with Crippen molar-refractivity contribution in [1.29, 1.82) is 0 Å². The van der Waals surface area contributed by atoms with Crippen LogP contribution >= 0.6 is 0 Å². The summed E-state index contributed by atoms with van der Waals surface area (Å²) in [7, 11) is 0. The van der Waals surface area contributed by atoms with Gasteiger partial charge in [0.05, 0.1) is 0 Å². The molecule has 0 saturated heterocycles. The SMILES string of the molecule is Cc1ccc(CN)cc1-n1ccnc1C. The van der Waals surface area contributed by atoms with Gasteiger partial charge in [0.1, 0.15) is 5.82 Å². The molecule has 0 amide bonds. The number of nitrogens with zero attached hydrogens (tertiary/aromatic N) is 2. The molecule has 78 valence electrons. The van der Waals surface area contributed by atoms with E-state index in [9.17, 15) is 0 Å². The number of imidazole rings is 1.